The highest BCUT2D eigenvalue weighted by molar-refractivity contribution is 5.81. The third-order valence-corrected chi connectivity index (χ3v) is 6.81. The molecule has 3 aliphatic rings. The molecule has 2 aliphatic heterocycles. The van der Waals surface area contributed by atoms with Gasteiger partial charge in [0.2, 0.25) is 5.91 Å². The predicted octanol–water partition coefficient (Wildman–Crippen LogP) is 3.79. The van der Waals surface area contributed by atoms with Crippen LogP contribution in [-0.4, -0.2) is 53.6 Å². The van der Waals surface area contributed by atoms with E-state index in [-0.39, 0.29) is 5.82 Å². The maximum Gasteiger partial charge on any atom is 0.225 e. The van der Waals surface area contributed by atoms with Crippen molar-refractivity contribution in [3.63, 3.8) is 0 Å². The number of piperidine rings is 2. The highest BCUT2D eigenvalue weighted by atomic mass is 19.1. The molecule has 1 amide bonds. The minimum atomic E-state index is -0.283. The van der Waals surface area contributed by atoms with Gasteiger partial charge in [-0.1, -0.05) is 5.16 Å². The molecule has 2 saturated heterocycles. The molecular formula is C22H28FN3O2. The number of benzene rings is 1. The van der Waals surface area contributed by atoms with E-state index in [2.05, 4.69) is 15.0 Å². The minimum Gasteiger partial charge on any atom is -0.356 e. The molecule has 1 aliphatic carbocycles. The predicted molar refractivity (Wildman–Crippen MR) is 104 cm³/mol. The SMILES string of the molecule is O=C(C1CC1)N1CCC(CN2CCC(c3noc4cc(F)ccc34)CC2)CC1. The van der Waals surface area contributed by atoms with Crippen LogP contribution in [-0.2, 0) is 4.79 Å². The zero-order valence-corrected chi connectivity index (χ0v) is 16.3. The van der Waals surface area contributed by atoms with Crippen molar-refractivity contribution in [1.82, 2.24) is 15.0 Å². The van der Waals surface area contributed by atoms with Crippen LogP contribution < -0.4 is 0 Å². The first-order chi connectivity index (χ1) is 13.7. The van der Waals surface area contributed by atoms with Crippen molar-refractivity contribution in [1.29, 1.82) is 0 Å². The fraction of sp³-hybridized carbons (Fsp3) is 0.636. The summed E-state index contributed by atoms with van der Waals surface area (Å²) in [6, 6.07) is 4.69. The van der Waals surface area contributed by atoms with Gasteiger partial charge in [-0.25, -0.2) is 4.39 Å². The van der Waals surface area contributed by atoms with Crippen LogP contribution in [0.2, 0.25) is 0 Å². The summed E-state index contributed by atoms with van der Waals surface area (Å²) in [7, 11) is 0. The van der Waals surface area contributed by atoms with Crippen LogP contribution in [0.15, 0.2) is 22.7 Å². The Morgan fingerprint density at radius 2 is 1.82 bits per heavy atom. The molecule has 150 valence electrons. The number of carbonyl (C=O) groups excluding carboxylic acids is 1. The van der Waals surface area contributed by atoms with Crippen LogP contribution in [0.1, 0.15) is 50.1 Å². The molecule has 0 spiro atoms. The van der Waals surface area contributed by atoms with Crippen molar-refractivity contribution >= 4 is 16.9 Å². The topological polar surface area (TPSA) is 49.6 Å². The Labute approximate surface area is 164 Å². The second-order valence-corrected chi connectivity index (χ2v) is 8.83. The Kier molecular flexibility index (Phi) is 4.83. The molecule has 0 N–H and O–H groups in total. The van der Waals surface area contributed by atoms with Gasteiger partial charge >= 0.3 is 0 Å². The molecule has 1 saturated carbocycles. The summed E-state index contributed by atoms with van der Waals surface area (Å²) in [5.74, 6) is 1.56. The van der Waals surface area contributed by atoms with E-state index in [9.17, 15) is 9.18 Å². The van der Waals surface area contributed by atoms with Gasteiger partial charge in [-0.15, -0.1) is 0 Å². The van der Waals surface area contributed by atoms with Gasteiger partial charge in [0, 0.05) is 42.9 Å². The van der Waals surface area contributed by atoms with Crippen molar-refractivity contribution in [2.24, 2.45) is 11.8 Å². The average molecular weight is 385 g/mol. The highest BCUT2D eigenvalue weighted by Gasteiger charge is 2.35. The Balaban J connectivity index is 1.12. The summed E-state index contributed by atoms with van der Waals surface area (Å²) in [5, 5.41) is 5.20. The van der Waals surface area contributed by atoms with Crippen LogP contribution in [0, 0.1) is 17.7 Å². The van der Waals surface area contributed by atoms with E-state index in [1.54, 1.807) is 6.07 Å². The second-order valence-electron chi connectivity index (χ2n) is 8.83. The van der Waals surface area contributed by atoms with E-state index in [1.807, 2.05) is 0 Å². The molecule has 0 unspecified atom stereocenters. The van der Waals surface area contributed by atoms with E-state index in [4.69, 9.17) is 4.52 Å². The van der Waals surface area contributed by atoms with Crippen LogP contribution in [0.25, 0.3) is 11.0 Å². The van der Waals surface area contributed by atoms with Gasteiger partial charge in [0.1, 0.15) is 5.82 Å². The number of nitrogens with zero attached hydrogens (tertiary/aromatic N) is 3. The minimum absolute atomic E-state index is 0.283. The van der Waals surface area contributed by atoms with Gasteiger partial charge in [-0.3, -0.25) is 4.79 Å². The zero-order valence-electron chi connectivity index (χ0n) is 16.3. The van der Waals surface area contributed by atoms with E-state index in [0.29, 0.717) is 29.2 Å². The fourth-order valence-corrected chi connectivity index (χ4v) is 4.90. The number of likely N-dealkylation sites (tertiary alicyclic amines) is 2. The smallest absolute Gasteiger partial charge is 0.225 e. The van der Waals surface area contributed by atoms with Crippen LogP contribution in [0.4, 0.5) is 4.39 Å². The molecule has 3 heterocycles. The van der Waals surface area contributed by atoms with Gasteiger partial charge in [-0.2, -0.15) is 0 Å². The molecule has 6 heteroatoms. The molecule has 0 bridgehead atoms. The lowest BCUT2D eigenvalue weighted by atomic mass is 9.90. The first kappa shape index (κ1) is 18.1. The summed E-state index contributed by atoms with van der Waals surface area (Å²) in [5.41, 5.74) is 1.53. The molecule has 1 aromatic carbocycles. The molecule has 5 nitrogen and oxygen atoms in total. The van der Waals surface area contributed by atoms with Gasteiger partial charge in [0.25, 0.3) is 0 Å². The zero-order chi connectivity index (χ0) is 19.1. The summed E-state index contributed by atoms with van der Waals surface area (Å²) in [6.07, 6.45) is 6.61. The largest absolute Gasteiger partial charge is 0.356 e. The number of aromatic nitrogens is 1. The lowest BCUT2D eigenvalue weighted by molar-refractivity contribution is -0.134. The Hall–Kier alpha value is -1.95. The number of fused-ring (bicyclic) bond motifs is 1. The van der Waals surface area contributed by atoms with Crippen molar-refractivity contribution in [3.8, 4) is 0 Å². The van der Waals surface area contributed by atoms with Crippen LogP contribution in [0.5, 0.6) is 0 Å². The normalized spacial score (nSPS) is 22.8. The van der Waals surface area contributed by atoms with Crippen molar-refractivity contribution in [2.75, 3.05) is 32.7 Å². The number of halogens is 1. The fourth-order valence-electron chi connectivity index (χ4n) is 4.90. The monoisotopic (exact) mass is 385 g/mol. The molecule has 0 atom stereocenters. The second kappa shape index (κ2) is 7.47. The molecule has 2 aromatic rings. The van der Waals surface area contributed by atoms with E-state index in [0.717, 1.165) is 82.3 Å². The lowest BCUT2D eigenvalue weighted by Crippen LogP contribution is -2.43. The molecule has 5 rings (SSSR count). The van der Waals surface area contributed by atoms with Crippen molar-refractivity contribution < 1.29 is 13.7 Å². The quantitative estimate of drug-likeness (QED) is 0.803. The molecule has 1 aromatic heterocycles. The van der Waals surface area contributed by atoms with Gasteiger partial charge in [0.15, 0.2) is 5.58 Å². The summed E-state index contributed by atoms with van der Waals surface area (Å²) in [6.45, 7) is 5.17. The molecule has 0 radical (unpaired) electrons. The van der Waals surface area contributed by atoms with Crippen LogP contribution in [0.3, 0.4) is 0 Å². The number of carbonyl (C=O) groups is 1. The van der Waals surface area contributed by atoms with Gasteiger partial charge in [0.05, 0.1) is 5.69 Å². The summed E-state index contributed by atoms with van der Waals surface area (Å²) >= 11 is 0. The van der Waals surface area contributed by atoms with E-state index in [1.165, 1.54) is 12.1 Å². The lowest BCUT2D eigenvalue weighted by Gasteiger charge is -2.37. The summed E-state index contributed by atoms with van der Waals surface area (Å²) < 4.78 is 18.7. The highest BCUT2D eigenvalue weighted by Crippen LogP contribution is 2.34. The number of hydrogen-bond donors (Lipinski definition) is 0. The third-order valence-electron chi connectivity index (χ3n) is 6.81. The van der Waals surface area contributed by atoms with Crippen molar-refractivity contribution in [2.45, 2.75) is 44.4 Å². The maximum atomic E-state index is 13.4. The number of amides is 1. The molecule has 3 fully saturated rings. The molecular weight excluding hydrogens is 357 g/mol. The first-order valence-electron chi connectivity index (χ1n) is 10.7. The molecule has 28 heavy (non-hydrogen) atoms. The van der Waals surface area contributed by atoms with Gasteiger partial charge < -0.3 is 14.3 Å². The van der Waals surface area contributed by atoms with E-state index >= 15 is 0 Å². The standard InChI is InChI=1S/C22H28FN3O2/c23-18-3-4-19-20(13-18)28-24-21(19)16-7-9-25(10-8-16)14-15-5-11-26(12-6-15)22(27)17-1-2-17/h3-4,13,15-17H,1-2,5-12,14H2. The Morgan fingerprint density at radius 3 is 2.54 bits per heavy atom. The maximum absolute atomic E-state index is 13.4. The third kappa shape index (κ3) is 3.66. The Morgan fingerprint density at radius 1 is 1.07 bits per heavy atom. The average Bonchev–Trinajstić information content (AvgIpc) is 3.49. The Bertz CT molecular complexity index is 847. The van der Waals surface area contributed by atoms with Crippen LogP contribution >= 0.6 is 0 Å². The van der Waals surface area contributed by atoms with Crippen molar-refractivity contribution in [3.05, 3.63) is 29.7 Å². The van der Waals surface area contributed by atoms with Gasteiger partial charge in [-0.05, 0) is 69.7 Å². The first-order valence-corrected chi connectivity index (χ1v) is 10.7. The summed E-state index contributed by atoms with van der Waals surface area (Å²) in [4.78, 5) is 16.9. The number of rotatable bonds is 4. The van der Waals surface area contributed by atoms with E-state index < -0.39 is 0 Å². The number of hydrogen-bond acceptors (Lipinski definition) is 4.